The number of nitrogens with one attached hydrogen (secondary N) is 1. The van der Waals surface area contributed by atoms with Gasteiger partial charge in [0.05, 0.1) is 0 Å². The van der Waals surface area contributed by atoms with Crippen LogP contribution in [0.25, 0.3) is 0 Å². The summed E-state index contributed by atoms with van der Waals surface area (Å²) in [5, 5.41) is 3.60. The van der Waals surface area contributed by atoms with E-state index in [1.165, 1.54) is 37.8 Å². The van der Waals surface area contributed by atoms with Gasteiger partial charge in [0.25, 0.3) is 0 Å². The molecule has 0 radical (unpaired) electrons. The Balaban J connectivity index is 2.22. The molecule has 1 N–H and O–H groups in total. The lowest BCUT2D eigenvalue weighted by molar-refractivity contribution is 0.441. The maximum absolute atomic E-state index is 4.39. The minimum absolute atomic E-state index is 0.635. The quantitative estimate of drug-likeness (QED) is 0.478. The van der Waals surface area contributed by atoms with Gasteiger partial charge in [0.1, 0.15) is 0 Å². The normalized spacial score (nSPS) is 12.3. The summed E-state index contributed by atoms with van der Waals surface area (Å²) in [4.78, 5) is 4.39. The van der Waals surface area contributed by atoms with E-state index in [0.29, 0.717) is 6.04 Å². The molecule has 1 aromatic rings. The average molecular weight is 260 g/mol. The molecule has 0 spiro atoms. The number of allylic oxidation sites excluding steroid dienone is 1. The van der Waals surface area contributed by atoms with E-state index in [-0.39, 0.29) is 0 Å². The van der Waals surface area contributed by atoms with E-state index < -0.39 is 0 Å². The molecule has 0 aliphatic carbocycles. The molecule has 0 aliphatic heterocycles. The molecule has 0 aliphatic rings. The van der Waals surface area contributed by atoms with Gasteiger partial charge >= 0.3 is 0 Å². The second kappa shape index (κ2) is 10.7. The number of aryl methyl sites for hydroxylation is 1. The number of hydrogen-bond donors (Lipinski definition) is 1. The van der Waals surface area contributed by atoms with Gasteiger partial charge in [0.2, 0.25) is 0 Å². The summed E-state index contributed by atoms with van der Waals surface area (Å²) in [5.41, 5.74) is 1.21. The van der Waals surface area contributed by atoms with Gasteiger partial charge in [-0.1, -0.05) is 31.9 Å². The first-order valence-electron chi connectivity index (χ1n) is 7.61. The maximum Gasteiger partial charge on any atom is 0.0404 e. The van der Waals surface area contributed by atoms with E-state index in [0.717, 1.165) is 19.4 Å². The van der Waals surface area contributed by atoms with Crippen molar-refractivity contribution < 1.29 is 0 Å². The average Bonchev–Trinajstić information content (AvgIpc) is 2.45. The first-order valence-corrected chi connectivity index (χ1v) is 7.61. The van der Waals surface area contributed by atoms with Crippen molar-refractivity contribution in [2.45, 2.75) is 57.9 Å². The van der Waals surface area contributed by atoms with Gasteiger partial charge in [-0.3, -0.25) is 4.98 Å². The Kier molecular flexibility index (Phi) is 8.99. The van der Waals surface area contributed by atoms with Gasteiger partial charge in [-0.05, 0) is 50.8 Å². The summed E-state index contributed by atoms with van der Waals surface area (Å²) in [6.45, 7) is 7.01. The van der Waals surface area contributed by atoms with Crippen molar-refractivity contribution in [2.24, 2.45) is 0 Å². The second-order valence-corrected chi connectivity index (χ2v) is 5.04. The van der Waals surface area contributed by atoms with Gasteiger partial charge in [-0.15, -0.1) is 6.58 Å². The Morgan fingerprint density at radius 1 is 1.26 bits per heavy atom. The van der Waals surface area contributed by atoms with Crippen LogP contribution >= 0.6 is 0 Å². The molecular weight excluding hydrogens is 232 g/mol. The van der Waals surface area contributed by atoms with Crippen molar-refractivity contribution in [1.29, 1.82) is 0 Å². The van der Waals surface area contributed by atoms with Crippen LogP contribution in [-0.2, 0) is 6.42 Å². The monoisotopic (exact) mass is 260 g/mol. The fourth-order valence-corrected chi connectivity index (χ4v) is 2.36. The Bertz CT molecular complexity index is 321. The maximum atomic E-state index is 4.39. The van der Waals surface area contributed by atoms with Gasteiger partial charge in [0.15, 0.2) is 0 Å². The molecule has 0 amide bonds. The van der Waals surface area contributed by atoms with E-state index in [2.05, 4.69) is 35.9 Å². The van der Waals surface area contributed by atoms with Crippen molar-refractivity contribution in [3.05, 3.63) is 42.7 Å². The number of rotatable bonds is 11. The molecule has 0 aromatic carbocycles. The van der Waals surface area contributed by atoms with Gasteiger partial charge < -0.3 is 5.32 Å². The lowest BCUT2D eigenvalue weighted by Crippen LogP contribution is -2.29. The predicted molar refractivity (Wildman–Crippen MR) is 83.3 cm³/mol. The molecule has 2 nitrogen and oxygen atoms in total. The number of aromatic nitrogens is 1. The Morgan fingerprint density at radius 3 is 2.84 bits per heavy atom. The zero-order chi connectivity index (χ0) is 13.8. The van der Waals surface area contributed by atoms with Gasteiger partial charge in [-0.2, -0.15) is 0 Å². The summed E-state index contributed by atoms with van der Waals surface area (Å²) in [6.07, 6.45) is 12.5. The van der Waals surface area contributed by atoms with Crippen LogP contribution in [0.3, 0.4) is 0 Å². The summed E-state index contributed by atoms with van der Waals surface area (Å²) in [5.74, 6) is 0. The van der Waals surface area contributed by atoms with E-state index in [1.54, 1.807) is 0 Å². The molecule has 1 heterocycles. The Hall–Kier alpha value is -1.15. The third kappa shape index (κ3) is 7.78. The first kappa shape index (κ1) is 15.9. The van der Waals surface area contributed by atoms with Crippen LogP contribution in [0.2, 0.25) is 0 Å². The predicted octanol–water partition coefficient (Wildman–Crippen LogP) is 4.13. The molecule has 1 unspecified atom stereocenters. The second-order valence-electron chi connectivity index (χ2n) is 5.04. The smallest absolute Gasteiger partial charge is 0.0404 e. The van der Waals surface area contributed by atoms with E-state index >= 15 is 0 Å². The number of hydrogen-bond acceptors (Lipinski definition) is 2. The molecular formula is C17H28N2. The van der Waals surface area contributed by atoms with E-state index in [4.69, 9.17) is 0 Å². The van der Waals surface area contributed by atoms with Crippen LogP contribution in [0.5, 0.6) is 0 Å². The molecule has 1 aromatic heterocycles. The molecule has 106 valence electrons. The van der Waals surface area contributed by atoms with Crippen molar-refractivity contribution in [1.82, 2.24) is 10.3 Å². The summed E-state index contributed by atoms with van der Waals surface area (Å²) < 4.78 is 0. The van der Waals surface area contributed by atoms with Gasteiger partial charge in [-0.25, -0.2) is 0 Å². The van der Waals surface area contributed by atoms with Crippen LogP contribution in [-0.4, -0.2) is 17.6 Å². The number of unbranched alkanes of at least 4 members (excludes halogenated alkanes) is 3. The zero-order valence-electron chi connectivity index (χ0n) is 12.3. The SMILES string of the molecule is C=CCCCCCC(CCc1ccccn1)NCC. The summed E-state index contributed by atoms with van der Waals surface area (Å²) in [6, 6.07) is 6.80. The topological polar surface area (TPSA) is 24.9 Å². The van der Waals surface area contributed by atoms with Crippen LogP contribution in [0.15, 0.2) is 37.1 Å². The number of nitrogens with zero attached hydrogens (tertiary/aromatic N) is 1. The Labute approximate surface area is 118 Å². The highest BCUT2D eigenvalue weighted by molar-refractivity contribution is 5.03. The minimum atomic E-state index is 0.635. The number of pyridine rings is 1. The van der Waals surface area contributed by atoms with Crippen LogP contribution in [0.1, 0.15) is 51.1 Å². The molecule has 0 saturated heterocycles. The van der Waals surface area contributed by atoms with Crippen molar-refractivity contribution in [3.63, 3.8) is 0 Å². The summed E-state index contributed by atoms with van der Waals surface area (Å²) in [7, 11) is 0. The van der Waals surface area contributed by atoms with Crippen molar-refractivity contribution >= 4 is 0 Å². The fourth-order valence-electron chi connectivity index (χ4n) is 2.36. The Morgan fingerprint density at radius 2 is 2.16 bits per heavy atom. The third-order valence-electron chi connectivity index (χ3n) is 3.43. The van der Waals surface area contributed by atoms with Gasteiger partial charge in [0, 0.05) is 17.9 Å². The highest BCUT2D eigenvalue weighted by Gasteiger charge is 2.07. The fraction of sp³-hybridized carbons (Fsp3) is 0.588. The molecule has 1 rings (SSSR count). The van der Waals surface area contributed by atoms with Crippen LogP contribution in [0, 0.1) is 0 Å². The lowest BCUT2D eigenvalue weighted by atomic mass is 10.0. The highest BCUT2D eigenvalue weighted by Crippen LogP contribution is 2.11. The molecule has 0 saturated carbocycles. The standard InChI is InChI=1S/C17H28N2/c1-3-5-6-7-8-11-16(18-4-2)13-14-17-12-9-10-15-19-17/h3,9-10,12,15-16,18H,1,4-8,11,13-14H2,2H3. The van der Waals surface area contributed by atoms with E-state index in [1.807, 2.05) is 18.3 Å². The molecule has 1 atom stereocenters. The van der Waals surface area contributed by atoms with Crippen LogP contribution < -0.4 is 5.32 Å². The van der Waals surface area contributed by atoms with Crippen LogP contribution in [0.4, 0.5) is 0 Å². The highest BCUT2D eigenvalue weighted by atomic mass is 14.9. The lowest BCUT2D eigenvalue weighted by Gasteiger charge is -2.17. The third-order valence-corrected chi connectivity index (χ3v) is 3.43. The molecule has 2 heteroatoms. The minimum Gasteiger partial charge on any atom is -0.314 e. The largest absolute Gasteiger partial charge is 0.314 e. The van der Waals surface area contributed by atoms with Crippen molar-refractivity contribution in [3.8, 4) is 0 Å². The van der Waals surface area contributed by atoms with E-state index in [9.17, 15) is 0 Å². The molecule has 0 fully saturated rings. The summed E-state index contributed by atoms with van der Waals surface area (Å²) >= 11 is 0. The molecule has 0 bridgehead atoms. The zero-order valence-corrected chi connectivity index (χ0v) is 12.3. The van der Waals surface area contributed by atoms with Crippen molar-refractivity contribution in [2.75, 3.05) is 6.54 Å². The molecule has 19 heavy (non-hydrogen) atoms. The first-order chi connectivity index (χ1) is 9.36.